The van der Waals surface area contributed by atoms with E-state index < -0.39 is 0 Å². The minimum Gasteiger partial charge on any atom is -0.313 e. The van der Waals surface area contributed by atoms with Crippen molar-refractivity contribution >= 4 is 11.6 Å². The van der Waals surface area contributed by atoms with Gasteiger partial charge in [0.2, 0.25) is 0 Å². The Labute approximate surface area is 95.8 Å². The van der Waals surface area contributed by atoms with Crippen LogP contribution in [-0.2, 0) is 0 Å². The zero-order valence-electron chi connectivity index (χ0n) is 8.96. The van der Waals surface area contributed by atoms with E-state index in [1.165, 1.54) is 24.8 Å². The highest BCUT2D eigenvalue weighted by Crippen LogP contribution is 2.52. The van der Waals surface area contributed by atoms with E-state index in [0.29, 0.717) is 6.04 Å². The van der Waals surface area contributed by atoms with Gasteiger partial charge in [0.15, 0.2) is 0 Å². The first-order valence-corrected chi connectivity index (χ1v) is 6.14. The van der Waals surface area contributed by atoms with Crippen LogP contribution in [0.4, 0.5) is 0 Å². The van der Waals surface area contributed by atoms with Crippen molar-refractivity contribution in [2.75, 3.05) is 7.05 Å². The highest BCUT2D eigenvalue weighted by Gasteiger charge is 2.39. The molecular weight excluding hydrogens is 206 g/mol. The van der Waals surface area contributed by atoms with Gasteiger partial charge in [-0.1, -0.05) is 17.7 Å². The number of hydrogen-bond acceptors (Lipinski definition) is 1. The van der Waals surface area contributed by atoms with E-state index in [9.17, 15) is 0 Å². The van der Waals surface area contributed by atoms with E-state index in [4.69, 9.17) is 11.6 Å². The quantitative estimate of drug-likeness (QED) is 0.806. The average molecular weight is 222 g/mol. The molecule has 1 aromatic carbocycles. The van der Waals surface area contributed by atoms with Crippen molar-refractivity contribution in [2.24, 2.45) is 5.92 Å². The van der Waals surface area contributed by atoms with Gasteiger partial charge >= 0.3 is 0 Å². The molecular formula is C13H16ClN. The van der Waals surface area contributed by atoms with Crippen LogP contribution in [0.5, 0.6) is 0 Å². The Morgan fingerprint density at radius 3 is 2.73 bits per heavy atom. The summed E-state index contributed by atoms with van der Waals surface area (Å²) in [6.07, 6.45) is 4.10. The molecule has 2 heteroatoms. The number of benzene rings is 1. The molecule has 0 saturated heterocycles. The van der Waals surface area contributed by atoms with Crippen LogP contribution in [0.3, 0.4) is 0 Å². The van der Waals surface area contributed by atoms with Crippen LogP contribution < -0.4 is 5.32 Å². The van der Waals surface area contributed by atoms with Gasteiger partial charge in [0.25, 0.3) is 0 Å². The van der Waals surface area contributed by atoms with Gasteiger partial charge in [-0.25, -0.2) is 0 Å². The molecule has 2 atom stereocenters. The summed E-state index contributed by atoms with van der Waals surface area (Å²) in [5, 5.41) is 4.27. The van der Waals surface area contributed by atoms with Crippen molar-refractivity contribution in [2.45, 2.75) is 31.2 Å². The maximum atomic E-state index is 6.06. The van der Waals surface area contributed by atoms with E-state index in [0.717, 1.165) is 16.9 Å². The SMILES string of the molecule is CNC1CC(C2CC2)c2ccc(Cl)cc21. The van der Waals surface area contributed by atoms with Gasteiger partial charge in [-0.15, -0.1) is 0 Å². The molecule has 1 aromatic rings. The first kappa shape index (κ1) is 9.68. The second-order valence-electron chi connectivity index (χ2n) is 4.79. The first-order chi connectivity index (χ1) is 7.29. The van der Waals surface area contributed by atoms with Gasteiger partial charge in [0, 0.05) is 11.1 Å². The van der Waals surface area contributed by atoms with Crippen molar-refractivity contribution in [3.8, 4) is 0 Å². The second kappa shape index (κ2) is 3.50. The van der Waals surface area contributed by atoms with Crippen LogP contribution in [0.1, 0.15) is 42.3 Å². The topological polar surface area (TPSA) is 12.0 Å². The summed E-state index contributed by atoms with van der Waals surface area (Å²) in [6, 6.07) is 6.93. The molecule has 1 N–H and O–H groups in total. The molecule has 0 spiro atoms. The molecule has 2 unspecified atom stereocenters. The molecule has 0 aliphatic heterocycles. The van der Waals surface area contributed by atoms with Crippen LogP contribution in [-0.4, -0.2) is 7.05 Å². The lowest BCUT2D eigenvalue weighted by Gasteiger charge is -2.09. The molecule has 1 nitrogen and oxygen atoms in total. The van der Waals surface area contributed by atoms with Crippen molar-refractivity contribution in [1.29, 1.82) is 0 Å². The van der Waals surface area contributed by atoms with E-state index in [2.05, 4.69) is 17.4 Å². The molecule has 2 aliphatic rings. The zero-order chi connectivity index (χ0) is 10.4. The van der Waals surface area contributed by atoms with Crippen molar-refractivity contribution in [1.82, 2.24) is 5.32 Å². The monoisotopic (exact) mass is 221 g/mol. The molecule has 0 amide bonds. The van der Waals surface area contributed by atoms with Gasteiger partial charge in [-0.2, -0.15) is 0 Å². The van der Waals surface area contributed by atoms with Crippen molar-refractivity contribution in [3.05, 3.63) is 34.3 Å². The average Bonchev–Trinajstić information content (AvgIpc) is 3.01. The predicted molar refractivity (Wildman–Crippen MR) is 63.3 cm³/mol. The summed E-state index contributed by atoms with van der Waals surface area (Å²) in [7, 11) is 2.05. The van der Waals surface area contributed by atoms with Crippen LogP contribution >= 0.6 is 11.6 Å². The van der Waals surface area contributed by atoms with Gasteiger partial charge in [-0.3, -0.25) is 0 Å². The second-order valence-corrected chi connectivity index (χ2v) is 5.23. The summed E-state index contributed by atoms with van der Waals surface area (Å²) in [6.45, 7) is 0. The van der Waals surface area contributed by atoms with Crippen molar-refractivity contribution < 1.29 is 0 Å². The van der Waals surface area contributed by atoms with Gasteiger partial charge in [0.05, 0.1) is 0 Å². The molecule has 3 rings (SSSR count). The molecule has 0 aromatic heterocycles. The predicted octanol–water partition coefficient (Wildman–Crippen LogP) is 3.50. The van der Waals surface area contributed by atoms with E-state index in [1.807, 2.05) is 13.1 Å². The number of nitrogens with one attached hydrogen (secondary N) is 1. The van der Waals surface area contributed by atoms with E-state index in [-0.39, 0.29) is 0 Å². The number of rotatable bonds is 2. The fourth-order valence-electron chi connectivity index (χ4n) is 2.91. The summed E-state index contributed by atoms with van der Waals surface area (Å²) < 4.78 is 0. The Morgan fingerprint density at radius 2 is 2.07 bits per heavy atom. The lowest BCUT2D eigenvalue weighted by Crippen LogP contribution is -2.13. The smallest absolute Gasteiger partial charge is 0.0409 e. The Bertz CT molecular complexity index is 384. The largest absolute Gasteiger partial charge is 0.313 e. The lowest BCUT2D eigenvalue weighted by molar-refractivity contribution is 0.502. The summed E-state index contributed by atoms with van der Waals surface area (Å²) in [4.78, 5) is 0. The zero-order valence-corrected chi connectivity index (χ0v) is 9.72. The third-order valence-electron chi connectivity index (χ3n) is 3.85. The first-order valence-electron chi connectivity index (χ1n) is 5.76. The fourth-order valence-corrected chi connectivity index (χ4v) is 3.09. The van der Waals surface area contributed by atoms with Crippen LogP contribution in [0.25, 0.3) is 0 Å². The minimum absolute atomic E-state index is 0.518. The molecule has 0 heterocycles. The van der Waals surface area contributed by atoms with E-state index in [1.54, 1.807) is 5.56 Å². The van der Waals surface area contributed by atoms with Crippen molar-refractivity contribution in [3.63, 3.8) is 0 Å². The normalized spacial score (nSPS) is 29.2. The van der Waals surface area contributed by atoms with Gasteiger partial charge in [-0.05, 0) is 61.4 Å². The van der Waals surface area contributed by atoms with Crippen LogP contribution in [0, 0.1) is 5.92 Å². The van der Waals surface area contributed by atoms with Gasteiger partial charge in [0.1, 0.15) is 0 Å². The summed E-state index contributed by atoms with van der Waals surface area (Å²) in [5.41, 5.74) is 2.98. The highest BCUT2D eigenvalue weighted by molar-refractivity contribution is 6.30. The molecule has 1 saturated carbocycles. The van der Waals surface area contributed by atoms with Gasteiger partial charge < -0.3 is 5.32 Å². The third-order valence-corrected chi connectivity index (χ3v) is 4.09. The Balaban J connectivity index is 2.02. The number of hydrogen-bond donors (Lipinski definition) is 1. The molecule has 0 radical (unpaired) electrons. The van der Waals surface area contributed by atoms with Crippen LogP contribution in [0.2, 0.25) is 5.02 Å². The number of halogens is 1. The maximum absolute atomic E-state index is 6.06. The maximum Gasteiger partial charge on any atom is 0.0409 e. The Morgan fingerprint density at radius 1 is 1.27 bits per heavy atom. The molecule has 2 aliphatic carbocycles. The lowest BCUT2D eigenvalue weighted by atomic mass is 9.96. The standard InChI is InChI=1S/C13H16ClN/c1-15-13-7-11(8-2-3-8)10-5-4-9(14)6-12(10)13/h4-6,8,11,13,15H,2-3,7H2,1H3. The summed E-state index contributed by atoms with van der Waals surface area (Å²) >= 11 is 6.06. The minimum atomic E-state index is 0.518. The Hall–Kier alpha value is -0.530. The third kappa shape index (κ3) is 1.58. The van der Waals surface area contributed by atoms with Crippen LogP contribution in [0.15, 0.2) is 18.2 Å². The summed E-state index contributed by atoms with van der Waals surface area (Å²) in [5.74, 6) is 1.73. The highest BCUT2D eigenvalue weighted by atomic mass is 35.5. The fraction of sp³-hybridized carbons (Fsp3) is 0.538. The molecule has 1 fully saturated rings. The molecule has 15 heavy (non-hydrogen) atoms. The molecule has 0 bridgehead atoms. The van der Waals surface area contributed by atoms with E-state index >= 15 is 0 Å². The Kier molecular flexibility index (Phi) is 2.26. The number of fused-ring (bicyclic) bond motifs is 1. The molecule has 80 valence electrons.